The van der Waals surface area contributed by atoms with E-state index in [0.717, 1.165) is 62.9 Å². The van der Waals surface area contributed by atoms with Gasteiger partial charge in [0.15, 0.2) is 0 Å². The average molecular weight is 399 g/mol. The van der Waals surface area contributed by atoms with Crippen molar-refractivity contribution in [2.75, 3.05) is 19.6 Å². The maximum Gasteiger partial charge on any atom is 0.277 e. The monoisotopic (exact) mass is 398 g/mol. The molecule has 2 amide bonds. The summed E-state index contributed by atoms with van der Waals surface area (Å²) in [6.45, 7) is 8.33. The highest BCUT2D eigenvalue weighted by molar-refractivity contribution is 6.35. The second kappa shape index (κ2) is 9.95. The molecule has 1 aromatic rings. The molecule has 5 nitrogen and oxygen atoms in total. The fourth-order valence-electron chi connectivity index (χ4n) is 4.11. The number of likely N-dealkylation sites (tertiary alicyclic amines) is 1. The third kappa shape index (κ3) is 5.01. The van der Waals surface area contributed by atoms with Gasteiger partial charge in [-0.25, -0.2) is 0 Å². The van der Waals surface area contributed by atoms with Gasteiger partial charge in [-0.1, -0.05) is 38.3 Å². The highest BCUT2D eigenvalue weighted by Gasteiger charge is 2.41. The Hall–Kier alpha value is -2.30. The minimum Gasteiger partial charge on any atom is -0.491 e. The fraction of sp³-hybridized carbons (Fsp3) is 0.583. The summed E-state index contributed by atoms with van der Waals surface area (Å²) < 4.78 is 5.73. The number of rotatable bonds is 9. The van der Waals surface area contributed by atoms with Gasteiger partial charge >= 0.3 is 0 Å². The third-order valence-electron chi connectivity index (χ3n) is 5.57. The number of ether oxygens (including phenoxy) is 1. The Morgan fingerprint density at radius 1 is 0.931 bits per heavy atom. The zero-order valence-corrected chi connectivity index (χ0v) is 18.1. The molecule has 1 saturated heterocycles. The predicted molar refractivity (Wildman–Crippen MR) is 115 cm³/mol. The van der Waals surface area contributed by atoms with E-state index in [1.165, 1.54) is 11.3 Å². The Kier molecular flexibility index (Phi) is 7.34. The molecular formula is C24H34N2O3. The quantitative estimate of drug-likeness (QED) is 0.450. The lowest BCUT2D eigenvalue weighted by atomic mass is 10.0. The summed E-state index contributed by atoms with van der Waals surface area (Å²) >= 11 is 0. The van der Waals surface area contributed by atoms with E-state index >= 15 is 0 Å². The maximum atomic E-state index is 13.3. The van der Waals surface area contributed by atoms with E-state index in [9.17, 15) is 9.59 Å². The van der Waals surface area contributed by atoms with Crippen LogP contribution < -0.4 is 4.74 Å². The summed E-state index contributed by atoms with van der Waals surface area (Å²) in [4.78, 5) is 30.1. The van der Waals surface area contributed by atoms with Gasteiger partial charge in [-0.2, -0.15) is 0 Å². The molecule has 0 atom stereocenters. The number of benzene rings is 1. The normalized spacial score (nSPS) is 17.7. The smallest absolute Gasteiger partial charge is 0.277 e. The molecule has 0 radical (unpaired) electrons. The molecule has 1 fully saturated rings. The van der Waals surface area contributed by atoms with Crippen molar-refractivity contribution in [2.24, 2.45) is 0 Å². The summed E-state index contributed by atoms with van der Waals surface area (Å²) in [6.07, 6.45) is 7.59. The van der Waals surface area contributed by atoms with Crippen LogP contribution in [0.3, 0.4) is 0 Å². The molecule has 158 valence electrons. The molecule has 0 bridgehead atoms. The van der Waals surface area contributed by atoms with Gasteiger partial charge in [0, 0.05) is 19.6 Å². The van der Waals surface area contributed by atoms with Crippen LogP contribution in [0.25, 0.3) is 5.57 Å². The number of carbonyl (C=O) groups excluding carboxylic acids is 2. The second-order valence-corrected chi connectivity index (χ2v) is 8.28. The maximum absolute atomic E-state index is 13.3. The highest BCUT2D eigenvalue weighted by Crippen LogP contribution is 2.34. The Balaban J connectivity index is 1.88. The Labute approximate surface area is 174 Å². The molecule has 0 N–H and O–H groups in total. The standard InChI is InChI=1S/C24H34N2O3/c1-4-5-6-10-17-26-23(27)21(19-11-13-20(14-12-19)29-18(2)3)22(24(26)28)25-15-8-7-9-16-25/h11-14,18H,4-10,15-17H2,1-3H3. The largest absolute Gasteiger partial charge is 0.491 e. The molecule has 0 saturated carbocycles. The lowest BCUT2D eigenvalue weighted by Gasteiger charge is -2.29. The van der Waals surface area contributed by atoms with Gasteiger partial charge in [0.2, 0.25) is 0 Å². The van der Waals surface area contributed by atoms with Crippen molar-refractivity contribution in [1.82, 2.24) is 9.80 Å². The fourth-order valence-corrected chi connectivity index (χ4v) is 4.11. The highest BCUT2D eigenvalue weighted by atomic mass is 16.5. The molecule has 5 heteroatoms. The minimum atomic E-state index is -0.149. The van der Waals surface area contributed by atoms with Crippen molar-refractivity contribution in [1.29, 1.82) is 0 Å². The van der Waals surface area contributed by atoms with Crippen LogP contribution in [0.5, 0.6) is 5.75 Å². The molecule has 0 unspecified atom stereocenters. The lowest BCUT2D eigenvalue weighted by Crippen LogP contribution is -2.37. The molecular weight excluding hydrogens is 364 g/mol. The molecule has 0 aliphatic carbocycles. The summed E-state index contributed by atoms with van der Waals surface area (Å²) in [6, 6.07) is 7.58. The van der Waals surface area contributed by atoms with E-state index in [0.29, 0.717) is 17.8 Å². The average Bonchev–Trinajstić information content (AvgIpc) is 2.96. The summed E-state index contributed by atoms with van der Waals surface area (Å²) in [5.74, 6) is 0.507. The SMILES string of the molecule is CCCCCCN1C(=O)C(c2ccc(OC(C)C)cc2)=C(N2CCCCC2)C1=O. The Morgan fingerprint density at radius 3 is 2.24 bits per heavy atom. The number of amides is 2. The van der Waals surface area contributed by atoms with Crippen LogP contribution in [0.15, 0.2) is 30.0 Å². The van der Waals surface area contributed by atoms with Crippen LogP contribution in [0.2, 0.25) is 0 Å². The molecule has 2 aliphatic rings. The van der Waals surface area contributed by atoms with Gasteiger partial charge in [-0.05, 0) is 57.2 Å². The number of unbranched alkanes of at least 4 members (excludes halogenated alkanes) is 3. The van der Waals surface area contributed by atoms with Crippen molar-refractivity contribution >= 4 is 17.4 Å². The van der Waals surface area contributed by atoms with Crippen LogP contribution in [0.1, 0.15) is 71.3 Å². The molecule has 0 spiro atoms. The van der Waals surface area contributed by atoms with Gasteiger partial charge in [-0.15, -0.1) is 0 Å². The second-order valence-electron chi connectivity index (χ2n) is 8.28. The van der Waals surface area contributed by atoms with E-state index < -0.39 is 0 Å². The van der Waals surface area contributed by atoms with Gasteiger partial charge in [-0.3, -0.25) is 14.5 Å². The van der Waals surface area contributed by atoms with Crippen molar-refractivity contribution in [3.63, 3.8) is 0 Å². The molecule has 29 heavy (non-hydrogen) atoms. The minimum absolute atomic E-state index is 0.0947. The number of imide groups is 1. The van der Waals surface area contributed by atoms with Crippen molar-refractivity contribution in [3.8, 4) is 5.75 Å². The van der Waals surface area contributed by atoms with Gasteiger partial charge in [0.05, 0.1) is 11.7 Å². The first-order valence-corrected chi connectivity index (χ1v) is 11.2. The first-order chi connectivity index (χ1) is 14.0. The van der Waals surface area contributed by atoms with Gasteiger partial charge < -0.3 is 9.64 Å². The molecule has 2 heterocycles. The van der Waals surface area contributed by atoms with Crippen LogP contribution in [-0.4, -0.2) is 47.4 Å². The Morgan fingerprint density at radius 2 is 1.62 bits per heavy atom. The molecule has 1 aromatic carbocycles. The Bertz CT molecular complexity index is 746. The van der Waals surface area contributed by atoms with Crippen LogP contribution in [0, 0.1) is 0 Å². The number of hydrogen-bond donors (Lipinski definition) is 0. The molecule has 2 aliphatic heterocycles. The van der Waals surface area contributed by atoms with Gasteiger partial charge in [0.1, 0.15) is 11.4 Å². The molecule has 0 aromatic heterocycles. The number of hydrogen-bond acceptors (Lipinski definition) is 4. The topological polar surface area (TPSA) is 49.9 Å². The number of nitrogens with zero attached hydrogens (tertiary/aromatic N) is 2. The number of carbonyl (C=O) groups is 2. The van der Waals surface area contributed by atoms with E-state index in [1.807, 2.05) is 38.1 Å². The van der Waals surface area contributed by atoms with Crippen molar-refractivity contribution in [3.05, 3.63) is 35.5 Å². The predicted octanol–water partition coefficient (Wildman–Crippen LogP) is 4.62. The van der Waals surface area contributed by atoms with E-state index in [-0.39, 0.29) is 17.9 Å². The van der Waals surface area contributed by atoms with Gasteiger partial charge in [0.25, 0.3) is 11.8 Å². The van der Waals surface area contributed by atoms with Crippen LogP contribution in [0.4, 0.5) is 0 Å². The van der Waals surface area contributed by atoms with E-state index in [4.69, 9.17) is 4.74 Å². The first-order valence-electron chi connectivity index (χ1n) is 11.2. The van der Waals surface area contributed by atoms with Crippen LogP contribution in [-0.2, 0) is 9.59 Å². The first kappa shape index (κ1) is 21.4. The molecule has 3 rings (SSSR count). The third-order valence-corrected chi connectivity index (χ3v) is 5.57. The number of piperidine rings is 1. The summed E-state index contributed by atoms with van der Waals surface area (Å²) in [5.41, 5.74) is 1.96. The summed E-state index contributed by atoms with van der Waals surface area (Å²) in [5, 5.41) is 0. The lowest BCUT2D eigenvalue weighted by molar-refractivity contribution is -0.137. The van der Waals surface area contributed by atoms with E-state index in [2.05, 4.69) is 11.8 Å². The van der Waals surface area contributed by atoms with Crippen molar-refractivity contribution < 1.29 is 14.3 Å². The van der Waals surface area contributed by atoms with E-state index in [1.54, 1.807) is 0 Å². The zero-order chi connectivity index (χ0) is 20.8. The van der Waals surface area contributed by atoms with Crippen LogP contribution >= 0.6 is 0 Å². The zero-order valence-electron chi connectivity index (χ0n) is 18.1. The van der Waals surface area contributed by atoms with Crippen molar-refractivity contribution in [2.45, 2.75) is 71.8 Å². The summed E-state index contributed by atoms with van der Waals surface area (Å²) in [7, 11) is 0.